The van der Waals surface area contributed by atoms with Gasteiger partial charge in [0.25, 0.3) is 0 Å². The fourth-order valence-corrected chi connectivity index (χ4v) is 1.93. The highest BCUT2D eigenvalue weighted by Gasteiger charge is 2.24. The van der Waals surface area contributed by atoms with Crippen LogP contribution in [0.5, 0.6) is 11.5 Å². The number of nitrogens with one attached hydrogen (secondary N) is 1. The molecule has 17 heavy (non-hydrogen) atoms. The molecule has 0 aromatic heterocycles. The third kappa shape index (κ3) is 2.72. The van der Waals surface area contributed by atoms with Gasteiger partial charge in [-0.05, 0) is 30.5 Å². The Morgan fingerprint density at radius 2 is 2.18 bits per heavy atom. The Bertz CT molecular complexity index is 390. The lowest BCUT2D eigenvalue weighted by atomic mass is 9.97. The molecule has 1 aliphatic rings. The van der Waals surface area contributed by atoms with Crippen LogP contribution in [-0.2, 0) is 0 Å². The van der Waals surface area contributed by atoms with Gasteiger partial charge in [-0.1, -0.05) is 20.8 Å². The lowest BCUT2D eigenvalue weighted by molar-refractivity contribution is 0.293. The second kappa shape index (κ2) is 4.96. The highest BCUT2D eigenvalue weighted by molar-refractivity contribution is 5.44. The number of phenols is 1. The van der Waals surface area contributed by atoms with Gasteiger partial charge in [-0.15, -0.1) is 0 Å². The highest BCUT2D eigenvalue weighted by Crippen LogP contribution is 2.34. The highest BCUT2D eigenvalue weighted by atomic mass is 16.5. The molecule has 94 valence electrons. The van der Waals surface area contributed by atoms with Gasteiger partial charge in [-0.3, -0.25) is 0 Å². The monoisotopic (exact) mass is 235 g/mol. The summed E-state index contributed by atoms with van der Waals surface area (Å²) in [5.74, 6) is 2.40. The summed E-state index contributed by atoms with van der Waals surface area (Å²) in [6.45, 7) is 8.38. The number of hydrogen-bond donors (Lipinski definition) is 2. The van der Waals surface area contributed by atoms with Crippen molar-refractivity contribution in [3.63, 3.8) is 0 Å². The summed E-state index contributed by atoms with van der Waals surface area (Å²) in [5.41, 5.74) is 1.15. The molecule has 1 aromatic rings. The van der Waals surface area contributed by atoms with Crippen molar-refractivity contribution in [2.75, 3.05) is 13.2 Å². The Morgan fingerprint density at radius 3 is 2.88 bits per heavy atom. The first kappa shape index (κ1) is 12.2. The minimum atomic E-state index is 0.256. The standard InChI is InChI=1S/C14H21NO2/c1-9(2)10(3)7-15-13-8-17-14-6-11(16)4-5-12(13)14/h4-6,9-10,13,15-16H,7-8H2,1-3H3. The molecule has 0 spiro atoms. The molecular weight excluding hydrogens is 214 g/mol. The molecule has 3 nitrogen and oxygen atoms in total. The zero-order chi connectivity index (χ0) is 12.4. The minimum Gasteiger partial charge on any atom is -0.508 e. The van der Waals surface area contributed by atoms with Crippen LogP contribution < -0.4 is 10.1 Å². The molecule has 0 amide bonds. The number of fused-ring (bicyclic) bond motifs is 1. The van der Waals surface area contributed by atoms with Crippen LogP contribution >= 0.6 is 0 Å². The molecule has 3 heteroatoms. The zero-order valence-corrected chi connectivity index (χ0v) is 10.7. The van der Waals surface area contributed by atoms with Gasteiger partial charge in [0.1, 0.15) is 18.1 Å². The topological polar surface area (TPSA) is 41.5 Å². The molecule has 0 bridgehead atoms. The number of ether oxygens (including phenoxy) is 1. The maximum Gasteiger partial charge on any atom is 0.127 e. The van der Waals surface area contributed by atoms with E-state index in [-0.39, 0.29) is 11.8 Å². The maximum atomic E-state index is 9.37. The lowest BCUT2D eigenvalue weighted by Gasteiger charge is -2.19. The molecule has 2 atom stereocenters. The first-order valence-electron chi connectivity index (χ1n) is 6.27. The summed E-state index contributed by atoms with van der Waals surface area (Å²) in [5, 5.41) is 12.9. The zero-order valence-electron chi connectivity index (χ0n) is 10.7. The van der Waals surface area contributed by atoms with Crippen LogP contribution in [0.1, 0.15) is 32.4 Å². The molecule has 1 heterocycles. The summed E-state index contributed by atoms with van der Waals surface area (Å²) < 4.78 is 5.56. The molecule has 0 radical (unpaired) electrons. The van der Waals surface area contributed by atoms with Crippen LogP contribution in [0.15, 0.2) is 18.2 Å². The van der Waals surface area contributed by atoms with E-state index in [1.165, 1.54) is 0 Å². The van der Waals surface area contributed by atoms with Gasteiger partial charge in [-0.2, -0.15) is 0 Å². The summed E-state index contributed by atoms with van der Waals surface area (Å²) >= 11 is 0. The normalized spacial score (nSPS) is 20.1. The summed E-state index contributed by atoms with van der Waals surface area (Å²) in [4.78, 5) is 0. The predicted molar refractivity (Wildman–Crippen MR) is 68.3 cm³/mol. The first-order chi connectivity index (χ1) is 8.08. The van der Waals surface area contributed by atoms with Crippen LogP contribution in [0.3, 0.4) is 0 Å². The second-order valence-corrected chi connectivity index (χ2v) is 5.22. The Morgan fingerprint density at radius 1 is 1.41 bits per heavy atom. The van der Waals surface area contributed by atoms with E-state index in [0.717, 1.165) is 17.9 Å². The van der Waals surface area contributed by atoms with E-state index in [2.05, 4.69) is 26.1 Å². The van der Waals surface area contributed by atoms with Crippen LogP contribution in [-0.4, -0.2) is 18.3 Å². The van der Waals surface area contributed by atoms with Gasteiger partial charge < -0.3 is 15.2 Å². The Balaban J connectivity index is 1.98. The summed E-state index contributed by atoms with van der Waals surface area (Å²) in [6, 6.07) is 5.60. The van der Waals surface area contributed by atoms with Crippen molar-refractivity contribution in [2.45, 2.75) is 26.8 Å². The average molecular weight is 235 g/mol. The summed E-state index contributed by atoms with van der Waals surface area (Å²) in [7, 11) is 0. The minimum absolute atomic E-state index is 0.256. The third-order valence-electron chi connectivity index (χ3n) is 3.60. The van der Waals surface area contributed by atoms with Crippen molar-refractivity contribution in [3.05, 3.63) is 23.8 Å². The van der Waals surface area contributed by atoms with E-state index >= 15 is 0 Å². The van der Waals surface area contributed by atoms with Crippen molar-refractivity contribution in [2.24, 2.45) is 11.8 Å². The average Bonchev–Trinajstić information content (AvgIpc) is 2.67. The van der Waals surface area contributed by atoms with E-state index < -0.39 is 0 Å². The quantitative estimate of drug-likeness (QED) is 0.843. The number of phenolic OH excluding ortho intramolecular Hbond substituents is 1. The van der Waals surface area contributed by atoms with Crippen molar-refractivity contribution >= 4 is 0 Å². The van der Waals surface area contributed by atoms with Crippen LogP contribution in [0, 0.1) is 11.8 Å². The van der Waals surface area contributed by atoms with E-state index in [0.29, 0.717) is 18.4 Å². The lowest BCUT2D eigenvalue weighted by Crippen LogP contribution is -2.29. The Hall–Kier alpha value is -1.22. The summed E-state index contributed by atoms with van der Waals surface area (Å²) in [6.07, 6.45) is 0. The van der Waals surface area contributed by atoms with Gasteiger partial charge >= 0.3 is 0 Å². The Kier molecular flexibility index (Phi) is 3.57. The molecule has 0 fully saturated rings. The molecule has 1 aliphatic heterocycles. The van der Waals surface area contributed by atoms with Gasteiger partial charge in [0.05, 0.1) is 6.04 Å². The van der Waals surface area contributed by atoms with E-state index in [1.807, 2.05) is 6.07 Å². The second-order valence-electron chi connectivity index (χ2n) is 5.22. The van der Waals surface area contributed by atoms with E-state index in [9.17, 15) is 5.11 Å². The van der Waals surface area contributed by atoms with Crippen LogP contribution in [0.25, 0.3) is 0 Å². The molecule has 0 aliphatic carbocycles. The van der Waals surface area contributed by atoms with Crippen LogP contribution in [0.4, 0.5) is 0 Å². The van der Waals surface area contributed by atoms with Gasteiger partial charge in [0.2, 0.25) is 0 Å². The number of aromatic hydroxyl groups is 1. The van der Waals surface area contributed by atoms with E-state index in [4.69, 9.17) is 4.74 Å². The smallest absolute Gasteiger partial charge is 0.127 e. The molecule has 2 unspecified atom stereocenters. The van der Waals surface area contributed by atoms with Crippen molar-refractivity contribution in [3.8, 4) is 11.5 Å². The molecular formula is C14H21NO2. The molecule has 1 aromatic carbocycles. The maximum absolute atomic E-state index is 9.37. The number of rotatable bonds is 4. The SMILES string of the molecule is CC(C)C(C)CNC1COc2cc(O)ccc21. The van der Waals surface area contributed by atoms with Crippen molar-refractivity contribution in [1.29, 1.82) is 0 Å². The van der Waals surface area contributed by atoms with Gasteiger partial charge in [-0.25, -0.2) is 0 Å². The Labute approximate surface area is 103 Å². The van der Waals surface area contributed by atoms with Gasteiger partial charge in [0.15, 0.2) is 0 Å². The fourth-order valence-electron chi connectivity index (χ4n) is 1.93. The molecule has 0 saturated heterocycles. The van der Waals surface area contributed by atoms with Crippen molar-refractivity contribution < 1.29 is 9.84 Å². The molecule has 2 N–H and O–H groups in total. The third-order valence-corrected chi connectivity index (χ3v) is 3.60. The largest absolute Gasteiger partial charge is 0.508 e. The molecule has 2 rings (SSSR count). The predicted octanol–water partition coefficient (Wildman–Crippen LogP) is 2.71. The van der Waals surface area contributed by atoms with E-state index in [1.54, 1.807) is 12.1 Å². The van der Waals surface area contributed by atoms with Crippen LogP contribution in [0.2, 0.25) is 0 Å². The number of benzene rings is 1. The fraction of sp³-hybridized carbons (Fsp3) is 0.571. The molecule has 0 saturated carbocycles. The van der Waals surface area contributed by atoms with Gasteiger partial charge in [0, 0.05) is 11.6 Å². The van der Waals surface area contributed by atoms with Crippen molar-refractivity contribution in [1.82, 2.24) is 5.32 Å². The number of hydrogen-bond acceptors (Lipinski definition) is 3. The first-order valence-corrected chi connectivity index (χ1v) is 6.27.